The van der Waals surface area contributed by atoms with Crippen LogP contribution in [0.25, 0.3) is 0 Å². The van der Waals surface area contributed by atoms with E-state index in [9.17, 15) is 14.4 Å². The Bertz CT molecular complexity index is 800. The lowest BCUT2D eigenvalue weighted by molar-refractivity contribution is -0.120. The van der Waals surface area contributed by atoms with Crippen molar-refractivity contribution in [1.82, 2.24) is 15.2 Å². The monoisotopic (exact) mass is 343 g/mol. The Kier molecular flexibility index (Phi) is 6.33. The van der Waals surface area contributed by atoms with E-state index in [1.54, 1.807) is 41.8 Å². The van der Waals surface area contributed by atoms with E-state index in [4.69, 9.17) is 4.74 Å². The van der Waals surface area contributed by atoms with Gasteiger partial charge >= 0.3 is 0 Å². The van der Waals surface area contributed by atoms with Crippen LogP contribution < -0.4 is 20.9 Å². The molecule has 2 aromatic rings. The number of amides is 2. The summed E-state index contributed by atoms with van der Waals surface area (Å²) in [6, 6.07) is 11.8. The van der Waals surface area contributed by atoms with E-state index in [0.29, 0.717) is 17.9 Å². The van der Waals surface area contributed by atoms with Gasteiger partial charge in [-0.2, -0.15) is 0 Å². The predicted octanol–water partition coefficient (Wildman–Crippen LogP) is 0.712. The average Bonchev–Trinajstić information content (AvgIpc) is 2.62. The van der Waals surface area contributed by atoms with Crippen LogP contribution >= 0.6 is 0 Å². The highest BCUT2D eigenvalue weighted by atomic mass is 16.5. The second kappa shape index (κ2) is 8.68. The van der Waals surface area contributed by atoms with Gasteiger partial charge in [0.25, 0.3) is 11.5 Å². The van der Waals surface area contributed by atoms with E-state index in [1.807, 2.05) is 6.07 Å². The van der Waals surface area contributed by atoms with Crippen LogP contribution in [0.15, 0.2) is 47.3 Å². The van der Waals surface area contributed by atoms with Crippen LogP contribution in [-0.2, 0) is 11.3 Å². The molecular formula is C18H21N3O4. The standard InChI is InChI=1S/C18H21N3O4/c1-13-10-15(25-2)11-17(23)21(13)9-8-19-16(22)12-20-18(24)14-6-4-3-5-7-14/h3-7,10-11H,8-9,12H2,1-2H3,(H,19,22)(H,20,24). The van der Waals surface area contributed by atoms with Crippen LogP contribution in [0.1, 0.15) is 16.1 Å². The number of carbonyl (C=O) groups is 2. The highest BCUT2D eigenvalue weighted by Crippen LogP contribution is 2.08. The Morgan fingerprint density at radius 2 is 1.84 bits per heavy atom. The molecule has 0 radical (unpaired) electrons. The van der Waals surface area contributed by atoms with Gasteiger partial charge in [0.05, 0.1) is 13.7 Å². The number of nitrogens with zero attached hydrogens (tertiary/aromatic N) is 1. The number of hydrogen-bond donors (Lipinski definition) is 2. The van der Waals surface area contributed by atoms with Crippen molar-refractivity contribution in [3.05, 3.63) is 64.1 Å². The first-order valence-electron chi connectivity index (χ1n) is 7.86. The molecule has 7 nitrogen and oxygen atoms in total. The Balaban J connectivity index is 1.79. The first-order chi connectivity index (χ1) is 12.0. The molecular weight excluding hydrogens is 322 g/mol. The summed E-state index contributed by atoms with van der Waals surface area (Å²) in [6.07, 6.45) is 0. The molecule has 0 aliphatic carbocycles. The van der Waals surface area contributed by atoms with Gasteiger partial charge in [-0.25, -0.2) is 0 Å². The number of rotatable bonds is 7. The minimum absolute atomic E-state index is 0.121. The number of aryl methyl sites for hydroxylation is 1. The maximum Gasteiger partial charge on any atom is 0.254 e. The Morgan fingerprint density at radius 3 is 2.48 bits per heavy atom. The summed E-state index contributed by atoms with van der Waals surface area (Å²) in [5.74, 6) is -0.118. The first kappa shape index (κ1) is 18.3. The van der Waals surface area contributed by atoms with Crippen LogP contribution in [0.3, 0.4) is 0 Å². The molecule has 0 unspecified atom stereocenters. The van der Waals surface area contributed by atoms with Crippen LogP contribution in [0.2, 0.25) is 0 Å². The normalized spacial score (nSPS) is 10.2. The van der Waals surface area contributed by atoms with Crippen molar-refractivity contribution in [3.63, 3.8) is 0 Å². The van der Waals surface area contributed by atoms with Crippen LogP contribution in [0.4, 0.5) is 0 Å². The lowest BCUT2D eigenvalue weighted by Crippen LogP contribution is -2.39. The molecule has 0 saturated carbocycles. The molecule has 0 atom stereocenters. The summed E-state index contributed by atoms with van der Waals surface area (Å²) in [6.45, 7) is 2.30. The highest BCUT2D eigenvalue weighted by molar-refractivity contribution is 5.96. The van der Waals surface area contributed by atoms with Crippen molar-refractivity contribution < 1.29 is 14.3 Å². The number of carbonyl (C=O) groups excluding carboxylic acids is 2. The molecule has 1 heterocycles. The molecule has 2 N–H and O–H groups in total. The maximum absolute atomic E-state index is 12.0. The van der Waals surface area contributed by atoms with Gasteiger partial charge < -0.3 is 19.9 Å². The largest absolute Gasteiger partial charge is 0.496 e. The minimum Gasteiger partial charge on any atom is -0.496 e. The molecule has 0 saturated heterocycles. The molecule has 2 rings (SSSR count). The van der Waals surface area contributed by atoms with Crippen molar-refractivity contribution in [2.24, 2.45) is 0 Å². The number of benzene rings is 1. The Morgan fingerprint density at radius 1 is 1.12 bits per heavy atom. The number of hydrogen-bond acceptors (Lipinski definition) is 4. The molecule has 132 valence electrons. The molecule has 0 bridgehead atoms. The second-order valence-corrected chi connectivity index (χ2v) is 5.43. The van der Waals surface area contributed by atoms with E-state index in [1.165, 1.54) is 13.2 Å². The zero-order valence-electron chi connectivity index (χ0n) is 14.2. The van der Waals surface area contributed by atoms with E-state index in [0.717, 1.165) is 5.69 Å². The van der Waals surface area contributed by atoms with Crippen molar-refractivity contribution in [2.45, 2.75) is 13.5 Å². The van der Waals surface area contributed by atoms with E-state index in [-0.39, 0.29) is 30.5 Å². The van der Waals surface area contributed by atoms with E-state index in [2.05, 4.69) is 10.6 Å². The van der Waals surface area contributed by atoms with Crippen molar-refractivity contribution >= 4 is 11.8 Å². The fourth-order valence-corrected chi connectivity index (χ4v) is 2.33. The van der Waals surface area contributed by atoms with Gasteiger partial charge in [-0.15, -0.1) is 0 Å². The third-order valence-corrected chi connectivity index (χ3v) is 3.65. The van der Waals surface area contributed by atoms with Crippen molar-refractivity contribution in [1.29, 1.82) is 0 Å². The summed E-state index contributed by atoms with van der Waals surface area (Å²) in [7, 11) is 1.50. The van der Waals surface area contributed by atoms with Gasteiger partial charge in [0.2, 0.25) is 5.91 Å². The molecule has 0 fully saturated rings. The summed E-state index contributed by atoms with van der Waals surface area (Å²) >= 11 is 0. The minimum atomic E-state index is -0.316. The van der Waals surface area contributed by atoms with Crippen LogP contribution in [-0.4, -0.2) is 36.6 Å². The number of nitrogens with one attached hydrogen (secondary N) is 2. The topological polar surface area (TPSA) is 89.4 Å². The quantitative estimate of drug-likeness (QED) is 0.775. The Hall–Kier alpha value is -3.09. The summed E-state index contributed by atoms with van der Waals surface area (Å²) < 4.78 is 6.59. The zero-order chi connectivity index (χ0) is 18.2. The van der Waals surface area contributed by atoms with E-state index >= 15 is 0 Å². The lowest BCUT2D eigenvalue weighted by Gasteiger charge is -2.12. The third kappa shape index (κ3) is 5.20. The van der Waals surface area contributed by atoms with Crippen LogP contribution in [0, 0.1) is 6.92 Å². The van der Waals surface area contributed by atoms with Crippen molar-refractivity contribution in [2.75, 3.05) is 20.2 Å². The average molecular weight is 343 g/mol. The maximum atomic E-state index is 12.0. The molecule has 0 aliphatic heterocycles. The van der Waals surface area contributed by atoms with E-state index < -0.39 is 0 Å². The third-order valence-electron chi connectivity index (χ3n) is 3.65. The van der Waals surface area contributed by atoms with Gasteiger partial charge in [-0.05, 0) is 25.1 Å². The van der Waals surface area contributed by atoms with Gasteiger partial charge in [0.1, 0.15) is 5.75 Å². The number of ether oxygens (including phenoxy) is 1. The SMILES string of the molecule is COc1cc(C)n(CCNC(=O)CNC(=O)c2ccccc2)c(=O)c1. The van der Waals surface area contributed by atoms with Gasteiger partial charge in [-0.3, -0.25) is 14.4 Å². The summed E-state index contributed by atoms with van der Waals surface area (Å²) in [4.78, 5) is 35.6. The van der Waals surface area contributed by atoms with Crippen LogP contribution in [0.5, 0.6) is 5.75 Å². The number of aromatic nitrogens is 1. The fraction of sp³-hybridized carbons (Fsp3) is 0.278. The smallest absolute Gasteiger partial charge is 0.254 e. The molecule has 2 amide bonds. The number of methoxy groups -OCH3 is 1. The predicted molar refractivity (Wildman–Crippen MR) is 93.8 cm³/mol. The van der Waals surface area contributed by atoms with Gasteiger partial charge in [0, 0.05) is 30.4 Å². The molecule has 1 aromatic heterocycles. The summed E-state index contributed by atoms with van der Waals surface area (Å²) in [5, 5.41) is 5.23. The highest BCUT2D eigenvalue weighted by Gasteiger charge is 2.08. The second-order valence-electron chi connectivity index (χ2n) is 5.43. The summed E-state index contributed by atoms with van der Waals surface area (Å²) in [5.41, 5.74) is 1.05. The number of pyridine rings is 1. The molecule has 1 aromatic carbocycles. The molecule has 25 heavy (non-hydrogen) atoms. The fourth-order valence-electron chi connectivity index (χ4n) is 2.33. The Labute approximate surface area is 145 Å². The zero-order valence-corrected chi connectivity index (χ0v) is 14.2. The van der Waals surface area contributed by atoms with Gasteiger partial charge in [-0.1, -0.05) is 18.2 Å². The molecule has 0 aliphatic rings. The van der Waals surface area contributed by atoms with Gasteiger partial charge in [0.15, 0.2) is 0 Å². The molecule has 0 spiro atoms. The van der Waals surface area contributed by atoms with Crippen molar-refractivity contribution in [3.8, 4) is 5.75 Å². The lowest BCUT2D eigenvalue weighted by atomic mass is 10.2. The molecule has 7 heteroatoms. The first-order valence-corrected chi connectivity index (χ1v) is 7.86.